The van der Waals surface area contributed by atoms with Crippen LogP contribution in [0.4, 0.5) is 0 Å². The van der Waals surface area contributed by atoms with Gasteiger partial charge < -0.3 is 0 Å². The molecule has 0 N–H and O–H groups in total. The van der Waals surface area contributed by atoms with E-state index >= 15 is 0 Å². The summed E-state index contributed by atoms with van der Waals surface area (Å²) in [6.07, 6.45) is 0. The molecule has 0 fully saturated rings. The van der Waals surface area contributed by atoms with E-state index in [2.05, 4.69) is 0 Å². The predicted molar refractivity (Wildman–Crippen MR) is 0 cm³/mol. The summed E-state index contributed by atoms with van der Waals surface area (Å²) >= 11 is 0. The Balaban J connectivity index is 0. The largest absolute Gasteiger partial charge is 0 e. The molecule has 0 bridgehead atoms. The molecule has 0 spiro atoms. The standard InChI is InChI=1S/2Au.Ni.Pt. The van der Waals surface area contributed by atoms with Gasteiger partial charge in [0.05, 0.1) is 0 Å². The van der Waals surface area contributed by atoms with E-state index in [4.69, 9.17) is 0 Å². The molecule has 0 aliphatic heterocycles. The average molecular weight is 648 g/mol. The van der Waals surface area contributed by atoms with E-state index in [1.807, 2.05) is 0 Å². The van der Waals surface area contributed by atoms with Crippen molar-refractivity contribution in [1.82, 2.24) is 0 Å². The number of rotatable bonds is 0. The van der Waals surface area contributed by atoms with E-state index < -0.39 is 0 Å². The zero-order valence-corrected chi connectivity index (χ0v) is 8.83. The van der Waals surface area contributed by atoms with Crippen LogP contribution < -0.4 is 0 Å². The van der Waals surface area contributed by atoms with Crippen molar-refractivity contribution >= 4 is 0 Å². The first-order chi connectivity index (χ1) is 0. The minimum Gasteiger partial charge on any atom is 0 e. The molecule has 0 aromatic carbocycles. The maximum Gasteiger partial charge on any atom is 0 e. The summed E-state index contributed by atoms with van der Waals surface area (Å²) in [4.78, 5) is 0. The Morgan fingerprint density at radius 2 is 0.750 bits per heavy atom. The Hall–Kier alpha value is 2.66. The topological polar surface area (TPSA) is 0 Å². The van der Waals surface area contributed by atoms with Crippen molar-refractivity contribution in [2.45, 2.75) is 0 Å². The second kappa shape index (κ2) is 17.4. The van der Waals surface area contributed by atoms with Gasteiger partial charge >= 0.3 is 0 Å². The monoisotopic (exact) mass is 647 g/mol. The summed E-state index contributed by atoms with van der Waals surface area (Å²) in [7, 11) is 0. The van der Waals surface area contributed by atoms with Gasteiger partial charge in [-0.1, -0.05) is 0 Å². The van der Waals surface area contributed by atoms with Gasteiger partial charge in [-0.25, -0.2) is 0 Å². The van der Waals surface area contributed by atoms with Crippen LogP contribution in [0.5, 0.6) is 0 Å². The van der Waals surface area contributed by atoms with Crippen LogP contribution in [-0.2, 0) is 82.3 Å². The fourth-order valence-electron chi connectivity index (χ4n) is 0. The zero-order valence-electron chi connectivity index (χ0n) is 1.24. The quantitative estimate of drug-likeness (QED) is 0.325. The van der Waals surface area contributed by atoms with Crippen LogP contribution in [0.2, 0.25) is 0 Å². The van der Waals surface area contributed by atoms with Crippen molar-refractivity contribution in [3.8, 4) is 0 Å². The van der Waals surface area contributed by atoms with Gasteiger partial charge in [-0.05, 0) is 0 Å². The molecule has 0 aromatic heterocycles. The van der Waals surface area contributed by atoms with Crippen molar-refractivity contribution in [2.75, 3.05) is 0 Å². The second-order valence-corrected chi connectivity index (χ2v) is 0. The predicted octanol–water partition coefficient (Wildman–Crippen LogP) is -0.0100. The molecule has 0 saturated carbocycles. The van der Waals surface area contributed by atoms with Crippen molar-refractivity contribution in [3.63, 3.8) is 0 Å². The summed E-state index contributed by atoms with van der Waals surface area (Å²) < 4.78 is 0. The average Bonchev–Trinajstić information content (AvgIpc) is 0. The van der Waals surface area contributed by atoms with Crippen LogP contribution in [0.1, 0.15) is 0 Å². The zero-order chi connectivity index (χ0) is 0. The van der Waals surface area contributed by atoms with Crippen molar-refractivity contribution in [2.24, 2.45) is 0 Å². The molecular formula is Au2NiPt. The number of hydrogen-bond acceptors (Lipinski definition) is 0. The Morgan fingerprint density at radius 1 is 0.750 bits per heavy atom. The SMILES string of the molecule is [Au].[Au].[Ni].[Pt]. The molecule has 0 heterocycles. The third-order valence-corrected chi connectivity index (χ3v) is 0. The van der Waals surface area contributed by atoms with Crippen LogP contribution in [0.3, 0.4) is 0 Å². The Morgan fingerprint density at radius 3 is 0.750 bits per heavy atom. The molecule has 2 radical (unpaired) electrons. The molecule has 4 heteroatoms. The summed E-state index contributed by atoms with van der Waals surface area (Å²) in [5, 5.41) is 0. The van der Waals surface area contributed by atoms with Crippen LogP contribution in [0.15, 0.2) is 0 Å². The van der Waals surface area contributed by atoms with Crippen LogP contribution >= 0.6 is 0 Å². The molecule has 0 nitrogen and oxygen atoms in total. The molecule has 0 aliphatic rings. The molecule has 0 saturated heterocycles. The molecule has 0 amide bonds. The van der Waals surface area contributed by atoms with Gasteiger partial charge in [-0.2, -0.15) is 0 Å². The summed E-state index contributed by atoms with van der Waals surface area (Å²) in [6.45, 7) is 0. The molecule has 0 rings (SSSR count). The van der Waals surface area contributed by atoms with Crippen molar-refractivity contribution < 1.29 is 82.3 Å². The van der Waals surface area contributed by atoms with E-state index in [0.29, 0.717) is 0 Å². The van der Waals surface area contributed by atoms with E-state index in [-0.39, 0.29) is 82.3 Å². The summed E-state index contributed by atoms with van der Waals surface area (Å²) in [5.74, 6) is 0. The third kappa shape index (κ3) is 8.82. The Labute approximate surface area is 81.1 Å². The molecule has 4 heavy (non-hydrogen) atoms. The fourth-order valence-corrected chi connectivity index (χ4v) is 0. The summed E-state index contributed by atoms with van der Waals surface area (Å²) in [5.41, 5.74) is 0. The third-order valence-electron chi connectivity index (χ3n) is 0. The maximum absolute atomic E-state index is 0. The number of hydrogen-bond donors (Lipinski definition) is 0. The molecule has 0 aromatic rings. The first kappa shape index (κ1) is 30.1. The molecule has 0 atom stereocenters. The van der Waals surface area contributed by atoms with Gasteiger partial charge in [0.25, 0.3) is 0 Å². The van der Waals surface area contributed by atoms with Gasteiger partial charge in [0.1, 0.15) is 0 Å². The molecular weight excluding hydrogens is 648 g/mol. The van der Waals surface area contributed by atoms with Crippen LogP contribution in [0.25, 0.3) is 0 Å². The maximum atomic E-state index is 0. The summed E-state index contributed by atoms with van der Waals surface area (Å²) in [6, 6.07) is 0. The minimum atomic E-state index is 0. The van der Waals surface area contributed by atoms with Crippen LogP contribution in [-0.4, -0.2) is 0 Å². The van der Waals surface area contributed by atoms with E-state index in [1.165, 1.54) is 0 Å². The normalized spacial score (nSPS) is 0. The Kier molecular flexibility index (Phi) is 131. The van der Waals surface area contributed by atoms with Crippen molar-refractivity contribution in [1.29, 1.82) is 0 Å². The molecule has 0 aliphatic carbocycles. The first-order valence-electron chi connectivity index (χ1n) is 0. The van der Waals surface area contributed by atoms with Gasteiger partial charge in [0.15, 0.2) is 0 Å². The Bertz CT molecular complexity index is 6.00. The van der Waals surface area contributed by atoms with E-state index in [9.17, 15) is 0 Å². The van der Waals surface area contributed by atoms with Gasteiger partial charge in [0, 0.05) is 82.3 Å². The minimum absolute atomic E-state index is 0. The first-order valence-corrected chi connectivity index (χ1v) is 0. The molecule has 42 valence electrons. The van der Waals surface area contributed by atoms with Crippen molar-refractivity contribution in [3.05, 3.63) is 0 Å². The smallest absolute Gasteiger partial charge is 0 e. The second-order valence-electron chi connectivity index (χ2n) is 0. The molecule has 0 unspecified atom stereocenters. The van der Waals surface area contributed by atoms with Crippen LogP contribution in [0, 0.1) is 0 Å². The fraction of sp³-hybridized carbons (Fsp3) is 0. The van der Waals surface area contributed by atoms with Gasteiger partial charge in [0.2, 0.25) is 0 Å². The van der Waals surface area contributed by atoms with E-state index in [1.54, 1.807) is 0 Å². The van der Waals surface area contributed by atoms with Gasteiger partial charge in [-0.3, -0.25) is 0 Å². The van der Waals surface area contributed by atoms with E-state index in [0.717, 1.165) is 0 Å². The van der Waals surface area contributed by atoms with Gasteiger partial charge in [-0.15, -0.1) is 0 Å².